The molecule has 0 atom stereocenters. The van der Waals surface area contributed by atoms with Crippen molar-refractivity contribution in [3.05, 3.63) is 58.9 Å². The molecule has 2 fully saturated rings. The van der Waals surface area contributed by atoms with Gasteiger partial charge in [0.2, 0.25) is 0 Å². The van der Waals surface area contributed by atoms with E-state index in [1.54, 1.807) is 7.11 Å². The number of carbonyl (C=O) groups excluding carboxylic acids is 2. The number of hydrogen-bond acceptors (Lipinski definition) is 5. The Bertz CT molecular complexity index is 1010. The van der Waals surface area contributed by atoms with Gasteiger partial charge >= 0.3 is 6.09 Å². The van der Waals surface area contributed by atoms with E-state index in [0.717, 1.165) is 49.8 Å². The number of nitrogens with zero attached hydrogens (tertiary/aromatic N) is 1. The molecule has 0 saturated heterocycles. The Morgan fingerprint density at radius 3 is 2.18 bits per heavy atom. The molecule has 0 unspecified atom stereocenters. The van der Waals surface area contributed by atoms with Crippen LogP contribution in [0.3, 0.4) is 0 Å². The third-order valence-corrected chi connectivity index (χ3v) is 6.75. The van der Waals surface area contributed by atoms with Crippen LogP contribution in [0.15, 0.2) is 36.4 Å². The highest BCUT2D eigenvalue weighted by molar-refractivity contribution is 5.97. The molecule has 4 rings (SSSR count). The van der Waals surface area contributed by atoms with E-state index in [4.69, 9.17) is 14.5 Å². The number of ketones is 1. The fourth-order valence-corrected chi connectivity index (χ4v) is 4.75. The van der Waals surface area contributed by atoms with E-state index < -0.39 is 6.09 Å². The number of Topliss-reactive ketones (excluding diaryl/α,β-unsaturated/α-hetero) is 1. The molecule has 6 heteroatoms. The Kier molecular flexibility index (Phi) is 7.24. The minimum Gasteiger partial charge on any atom is -0.497 e. The minimum absolute atomic E-state index is 0.000133. The zero-order valence-corrected chi connectivity index (χ0v) is 20.7. The fourth-order valence-electron chi connectivity index (χ4n) is 4.75. The number of benzene rings is 1. The highest BCUT2D eigenvalue weighted by Crippen LogP contribution is 2.43. The molecule has 2 saturated carbocycles. The van der Waals surface area contributed by atoms with Gasteiger partial charge in [-0.15, -0.1) is 0 Å². The zero-order chi connectivity index (χ0) is 24.3. The van der Waals surface area contributed by atoms with E-state index in [2.05, 4.69) is 17.4 Å². The Balaban J connectivity index is 1.41. The summed E-state index contributed by atoms with van der Waals surface area (Å²) < 4.78 is 10.6. The summed E-state index contributed by atoms with van der Waals surface area (Å²) in [6.07, 6.45) is 5.47. The predicted molar refractivity (Wildman–Crippen MR) is 131 cm³/mol. The van der Waals surface area contributed by atoms with Gasteiger partial charge in [0.1, 0.15) is 18.1 Å². The van der Waals surface area contributed by atoms with Gasteiger partial charge in [0.25, 0.3) is 0 Å². The number of rotatable bonds is 7. The van der Waals surface area contributed by atoms with Gasteiger partial charge in [0.05, 0.1) is 12.8 Å². The van der Waals surface area contributed by atoms with E-state index >= 15 is 0 Å². The maximum Gasteiger partial charge on any atom is 0.407 e. The van der Waals surface area contributed by atoms with Gasteiger partial charge in [0, 0.05) is 11.5 Å². The van der Waals surface area contributed by atoms with Gasteiger partial charge in [-0.25, -0.2) is 9.78 Å². The Morgan fingerprint density at radius 2 is 1.59 bits per heavy atom. The van der Waals surface area contributed by atoms with Gasteiger partial charge in [-0.3, -0.25) is 4.79 Å². The third kappa shape index (κ3) is 6.16. The predicted octanol–water partition coefficient (Wildman–Crippen LogP) is 6.15. The van der Waals surface area contributed by atoms with Gasteiger partial charge in [-0.1, -0.05) is 18.2 Å². The number of alkyl carbamates (subject to hydrolysis) is 1. The first-order chi connectivity index (χ1) is 16.2. The molecule has 2 aliphatic carbocycles. The van der Waals surface area contributed by atoms with Crippen LogP contribution in [0.2, 0.25) is 0 Å². The summed E-state index contributed by atoms with van der Waals surface area (Å²) in [6.45, 7) is 5.75. The van der Waals surface area contributed by atoms with Crippen LogP contribution in [-0.4, -0.2) is 29.5 Å². The molecule has 6 nitrogen and oxygen atoms in total. The second kappa shape index (κ2) is 10.2. The van der Waals surface area contributed by atoms with Gasteiger partial charge in [-0.2, -0.15) is 0 Å². The monoisotopic (exact) mass is 464 g/mol. The summed E-state index contributed by atoms with van der Waals surface area (Å²) >= 11 is 0. The number of methoxy groups -OCH3 is 1. The van der Waals surface area contributed by atoms with Crippen LogP contribution in [0.1, 0.15) is 98.4 Å². The maximum absolute atomic E-state index is 13.6. The quantitative estimate of drug-likeness (QED) is 0.497. The molecule has 1 N–H and O–H groups in total. The molecule has 0 aliphatic heterocycles. The van der Waals surface area contributed by atoms with Crippen molar-refractivity contribution < 1.29 is 19.1 Å². The molecule has 1 heterocycles. The third-order valence-electron chi connectivity index (χ3n) is 6.75. The van der Waals surface area contributed by atoms with Crippen molar-refractivity contribution in [2.45, 2.75) is 83.3 Å². The van der Waals surface area contributed by atoms with Crippen LogP contribution in [0.5, 0.6) is 5.75 Å². The second-order valence-electron chi connectivity index (χ2n) is 10.7. The largest absolute Gasteiger partial charge is 0.497 e. The highest BCUT2D eigenvalue weighted by atomic mass is 16.5. The number of aromatic nitrogens is 1. The van der Waals surface area contributed by atoms with Crippen molar-refractivity contribution in [2.75, 3.05) is 7.11 Å². The van der Waals surface area contributed by atoms with E-state index in [-0.39, 0.29) is 23.8 Å². The van der Waals surface area contributed by atoms with Crippen molar-refractivity contribution >= 4 is 11.9 Å². The Morgan fingerprint density at radius 1 is 0.941 bits per heavy atom. The summed E-state index contributed by atoms with van der Waals surface area (Å²) in [7, 11) is 1.68. The first-order valence-electron chi connectivity index (χ1n) is 12.4. The average Bonchev–Trinajstić information content (AvgIpc) is 3.67. The van der Waals surface area contributed by atoms with Gasteiger partial charge in [0.15, 0.2) is 5.78 Å². The molecule has 0 radical (unpaired) electrons. The molecule has 0 bridgehead atoms. The Hall–Kier alpha value is -2.89. The maximum atomic E-state index is 13.6. The van der Waals surface area contributed by atoms with Crippen LogP contribution >= 0.6 is 0 Å². The molecule has 182 valence electrons. The van der Waals surface area contributed by atoms with Crippen LogP contribution < -0.4 is 10.1 Å². The molecule has 1 aromatic carbocycles. The number of nitrogens with one attached hydrogen (secondary N) is 1. The van der Waals surface area contributed by atoms with Gasteiger partial charge < -0.3 is 14.8 Å². The molecule has 0 spiro atoms. The zero-order valence-electron chi connectivity index (χ0n) is 20.7. The molecular weight excluding hydrogens is 428 g/mol. The number of carbonyl (C=O) groups is 2. The molecule has 1 aromatic heterocycles. The minimum atomic E-state index is -0.481. The van der Waals surface area contributed by atoms with Crippen LogP contribution in [0.25, 0.3) is 0 Å². The Labute approximate surface area is 202 Å². The second-order valence-corrected chi connectivity index (χ2v) is 10.7. The van der Waals surface area contributed by atoms with Crippen LogP contribution in [0.4, 0.5) is 4.79 Å². The smallest absolute Gasteiger partial charge is 0.407 e. The summed E-state index contributed by atoms with van der Waals surface area (Å²) in [4.78, 5) is 30.3. The van der Waals surface area contributed by atoms with Crippen LogP contribution in [0, 0.1) is 5.92 Å². The van der Waals surface area contributed by atoms with Crippen molar-refractivity contribution in [1.82, 2.24) is 10.3 Å². The fraction of sp³-hybridized carbons (Fsp3) is 0.536. The highest BCUT2D eigenvalue weighted by Gasteiger charge is 2.34. The lowest BCUT2D eigenvalue weighted by Crippen LogP contribution is -2.40. The standard InChI is InChI=1S/C28H36N2O4/c1-28(2,3)30-27(32)34-17-22-13-16-24(20-7-8-20)25(29-22)26(31)21-9-5-18(6-10-21)19-11-14-23(33-4)15-12-19/h11-16,18,20-21H,5-10,17H2,1-4H3,(H,30,32). The lowest BCUT2D eigenvalue weighted by molar-refractivity contribution is 0.0876. The summed E-state index contributed by atoms with van der Waals surface area (Å²) in [5.41, 5.74) is 3.21. The first-order valence-corrected chi connectivity index (χ1v) is 12.4. The van der Waals surface area contributed by atoms with E-state index in [1.807, 2.05) is 45.0 Å². The van der Waals surface area contributed by atoms with E-state index in [0.29, 0.717) is 23.2 Å². The lowest BCUT2D eigenvalue weighted by Gasteiger charge is -2.28. The number of hydrogen-bond donors (Lipinski definition) is 1. The number of ether oxygens (including phenoxy) is 2. The van der Waals surface area contributed by atoms with Crippen LogP contribution in [-0.2, 0) is 11.3 Å². The van der Waals surface area contributed by atoms with Crippen molar-refractivity contribution in [2.24, 2.45) is 5.92 Å². The molecule has 2 aromatic rings. The summed E-state index contributed by atoms with van der Waals surface area (Å²) in [6, 6.07) is 12.2. The SMILES string of the molecule is COc1ccc(C2CCC(C(=O)c3nc(COC(=O)NC(C)(C)C)ccc3C3CC3)CC2)cc1. The summed E-state index contributed by atoms with van der Waals surface area (Å²) in [5.74, 6) is 1.93. The molecule has 34 heavy (non-hydrogen) atoms. The first kappa shape index (κ1) is 24.2. The van der Waals surface area contributed by atoms with Crippen molar-refractivity contribution in [3.8, 4) is 5.75 Å². The number of amides is 1. The molecular formula is C28H36N2O4. The van der Waals surface area contributed by atoms with E-state index in [1.165, 1.54) is 5.56 Å². The van der Waals surface area contributed by atoms with Gasteiger partial charge in [-0.05, 0) is 100 Å². The van der Waals surface area contributed by atoms with Crippen molar-refractivity contribution in [1.29, 1.82) is 0 Å². The molecule has 1 amide bonds. The molecule has 2 aliphatic rings. The van der Waals surface area contributed by atoms with Crippen molar-refractivity contribution in [3.63, 3.8) is 0 Å². The summed E-state index contributed by atoms with van der Waals surface area (Å²) in [5, 5.41) is 2.78. The number of pyridine rings is 1. The average molecular weight is 465 g/mol. The topological polar surface area (TPSA) is 77.5 Å². The lowest BCUT2D eigenvalue weighted by atomic mass is 9.76. The van der Waals surface area contributed by atoms with E-state index in [9.17, 15) is 9.59 Å². The normalized spacial score (nSPS) is 20.5.